The number of carbonyl (C=O) groups excluding carboxylic acids is 2. The molecule has 2 heterocycles. The van der Waals surface area contributed by atoms with Crippen LogP contribution >= 0.6 is 35.4 Å². The molecule has 11 heteroatoms. The minimum absolute atomic E-state index is 0.0155. The lowest BCUT2D eigenvalue weighted by Gasteiger charge is -2.36. The molecule has 0 saturated carbocycles. The maximum atomic E-state index is 12.8. The summed E-state index contributed by atoms with van der Waals surface area (Å²) in [6.45, 7) is 2.58. The molecule has 0 radical (unpaired) electrons. The smallest absolute Gasteiger partial charge is 0.257 e. The SMILES string of the molecule is O=C(NC(=S)Nc1ccc(N2CCN(C(=O)c3ccc(Cl)cc3)CC2)c(Cl)c1)c1ccc2c(c1)OCO2. The lowest BCUT2D eigenvalue weighted by atomic mass is 10.1. The van der Waals surface area contributed by atoms with Gasteiger partial charge in [0, 0.05) is 48.0 Å². The fourth-order valence-electron chi connectivity index (χ4n) is 4.14. The minimum atomic E-state index is -0.371. The second-order valence-electron chi connectivity index (χ2n) is 8.43. The van der Waals surface area contributed by atoms with Gasteiger partial charge in [-0.15, -0.1) is 0 Å². The molecule has 2 amide bonds. The second kappa shape index (κ2) is 10.8. The van der Waals surface area contributed by atoms with Crippen molar-refractivity contribution in [1.82, 2.24) is 10.2 Å². The molecule has 190 valence electrons. The van der Waals surface area contributed by atoms with Crippen molar-refractivity contribution in [3.63, 3.8) is 0 Å². The highest BCUT2D eigenvalue weighted by molar-refractivity contribution is 7.80. The summed E-state index contributed by atoms with van der Waals surface area (Å²) in [5.41, 5.74) is 2.52. The highest BCUT2D eigenvalue weighted by Crippen LogP contribution is 2.33. The maximum absolute atomic E-state index is 12.8. The van der Waals surface area contributed by atoms with Gasteiger partial charge < -0.3 is 24.6 Å². The van der Waals surface area contributed by atoms with Crippen LogP contribution < -0.4 is 25.0 Å². The summed E-state index contributed by atoms with van der Waals surface area (Å²) < 4.78 is 10.6. The number of nitrogens with zero attached hydrogens (tertiary/aromatic N) is 2. The zero-order chi connectivity index (χ0) is 25.9. The summed E-state index contributed by atoms with van der Waals surface area (Å²) in [7, 11) is 0. The van der Waals surface area contributed by atoms with Gasteiger partial charge in [-0.1, -0.05) is 23.2 Å². The summed E-state index contributed by atoms with van der Waals surface area (Å²) in [5.74, 6) is 0.730. The van der Waals surface area contributed by atoms with Crippen molar-refractivity contribution in [3.8, 4) is 11.5 Å². The van der Waals surface area contributed by atoms with E-state index in [1.807, 2.05) is 17.0 Å². The first-order valence-corrected chi connectivity index (χ1v) is 12.6. The fourth-order valence-corrected chi connectivity index (χ4v) is 4.78. The Morgan fingerprint density at radius 2 is 1.54 bits per heavy atom. The number of hydrogen-bond donors (Lipinski definition) is 2. The van der Waals surface area contributed by atoms with Crippen molar-refractivity contribution in [2.24, 2.45) is 0 Å². The van der Waals surface area contributed by atoms with Crippen LogP contribution in [0.25, 0.3) is 0 Å². The zero-order valence-electron chi connectivity index (χ0n) is 19.5. The van der Waals surface area contributed by atoms with Crippen molar-refractivity contribution in [3.05, 3.63) is 81.8 Å². The second-order valence-corrected chi connectivity index (χ2v) is 9.68. The highest BCUT2D eigenvalue weighted by atomic mass is 35.5. The molecule has 3 aromatic rings. The number of amides is 2. The zero-order valence-corrected chi connectivity index (χ0v) is 21.8. The first-order valence-electron chi connectivity index (χ1n) is 11.5. The third kappa shape index (κ3) is 5.74. The van der Waals surface area contributed by atoms with E-state index in [1.165, 1.54) is 0 Å². The van der Waals surface area contributed by atoms with Gasteiger partial charge in [0.25, 0.3) is 11.8 Å². The average Bonchev–Trinajstić information content (AvgIpc) is 3.37. The molecule has 0 unspecified atom stereocenters. The molecule has 1 fully saturated rings. The average molecular weight is 557 g/mol. The molecule has 0 bridgehead atoms. The fraction of sp³-hybridized carbons (Fsp3) is 0.192. The Kier molecular flexibility index (Phi) is 7.36. The molecule has 2 aliphatic rings. The van der Waals surface area contributed by atoms with Crippen LogP contribution in [0, 0.1) is 0 Å². The Balaban J connectivity index is 1.15. The van der Waals surface area contributed by atoms with Gasteiger partial charge in [-0.05, 0) is 72.9 Å². The topological polar surface area (TPSA) is 83.1 Å². The van der Waals surface area contributed by atoms with Crippen LogP contribution in [0.2, 0.25) is 10.0 Å². The Hall–Kier alpha value is -3.53. The lowest BCUT2D eigenvalue weighted by molar-refractivity contribution is 0.0746. The van der Waals surface area contributed by atoms with Gasteiger partial charge >= 0.3 is 0 Å². The summed E-state index contributed by atoms with van der Waals surface area (Å²) >= 11 is 17.8. The van der Waals surface area contributed by atoms with Gasteiger partial charge in [-0.25, -0.2) is 0 Å². The Labute approximate surface area is 229 Å². The monoisotopic (exact) mass is 556 g/mol. The molecule has 2 N–H and O–H groups in total. The first kappa shape index (κ1) is 25.1. The van der Waals surface area contributed by atoms with Gasteiger partial charge in [-0.3, -0.25) is 14.9 Å². The van der Waals surface area contributed by atoms with E-state index in [2.05, 4.69) is 15.5 Å². The molecule has 0 aliphatic carbocycles. The van der Waals surface area contributed by atoms with E-state index in [0.717, 1.165) is 5.69 Å². The highest BCUT2D eigenvalue weighted by Gasteiger charge is 2.23. The predicted octanol–water partition coefficient (Wildman–Crippen LogP) is 4.81. The van der Waals surface area contributed by atoms with Crippen molar-refractivity contribution >= 4 is 63.7 Å². The number of rotatable bonds is 4. The van der Waals surface area contributed by atoms with E-state index in [0.29, 0.717) is 64.5 Å². The van der Waals surface area contributed by atoms with E-state index in [-0.39, 0.29) is 23.7 Å². The van der Waals surface area contributed by atoms with Crippen molar-refractivity contribution in [2.45, 2.75) is 0 Å². The number of nitrogens with one attached hydrogen (secondary N) is 2. The molecule has 2 aliphatic heterocycles. The molecule has 5 rings (SSSR count). The van der Waals surface area contributed by atoms with Crippen LogP contribution in [0.1, 0.15) is 20.7 Å². The summed E-state index contributed by atoms with van der Waals surface area (Å²) in [6, 6.07) is 17.3. The molecule has 0 spiro atoms. The molecule has 1 saturated heterocycles. The molecule has 0 aromatic heterocycles. The number of hydrogen-bond acceptors (Lipinski definition) is 6. The number of thiocarbonyl (C=S) groups is 1. The van der Waals surface area contributed by atoms with Crippen molar-refractivity contribution in [2.75, 3.05) is 43.2 Å². The van der Waals surface area contributed by atoms with Crippen LogP contribution in [-0.2, 0) is 0 Å². The summed E-state index contributed by atoms with van der Waals surface area (Å²) in [4.78, 5) is 29.3. The number of halogens is 2. The van der Waals surface area contributed by atoms with Gasteiger partial charge in [0.05, 0.1) is 10.7 Å². The quantitative estimate of drug-likeness (QED) is 0.446. The number of benzene rings is 3. The third-order valence-corrected chi connectivity index (χ3v) is 6.82. The molecule has 0 atom stereocenters. The molecule has 3 aromatic carbocycles. The molecular weight excluding hydrogens is 535 g/mol. The molecular formula is C26H22Cl2N4O4S. The lowest BCUT2D eigenvalue weighted by Crippen LogP contribution is -2.48. The van der Waals surface area contributed by atoms with E-state index in [4.69, 9.17) is 44.9 Å². The number of ether oxygens (including phenoxy) is 2. The van der Waals surface area contributed by atoms with Crippen LogP contribution in [0.5, 0.6) is 11.5 Å². The van der Waals surface area contributed by atoms with E-state index in [1.54, 1.807) is 48.5 Å². The van der Waals surface area contributed by atoms with Gasteiger partial charge in [-0.2, -0.15) is 0 Å². The molecule has 8 nitrogen and oxygen atoms in total. The normalized spacial score (nSPS) is 14.3. The maximum Gasteiger partial charge on any atom is 0.257 e. The minimum Gasteiger partial charge on any atom is -0.454 e. The van der Waals surface area contributed by atoms with E-state index >= 15 is 0 Å². The van der Waals surface area contributed by atoms with E-state index < -0.39 is 0 Å². The van der Waals surface area contributed by atoms with E-state index in [9.17, 15) is 9.59 Å². The van der Waals surface area contributed by atoms with Crippen LogP contribution in [0.4, 0.5) is 11.4 Å². The van der Waals surface area contributed by atoms with Crippen LogP contribution in [0.15, 0.2) is 60.7 Å². The predicted molar refractivity (Wildman–Crippen MR) is 147 cm³/mol. The molecule has 37 heavy (non-hydrogen) atoms. The largest absolute Gasteiger partial charge is 0.454 e. The number of piperazine rings is 1. The van der Waals surface area contributed by atoms with Crippen molar-refractivity contribution in [1.29, 1.82) is 0 Å². The summed E-state index contributed by atoms with van der Waals surface area (Å²) in [5, 5.41) is 6.91. The van der Waals surface area contributed by atoms with Gasteiger partial charge in [0.1, 0.15) is 0 Å². The van der Waals surface area contributed by atoms with Crippen LogP contribution in [-0.4, -0.2) is 54.8 Å². The Morgan fingerprint density at radius 1 is 0.838 bits per heavy atom. The van der Waals surface area contributed by atoms with Gasteiger partial charge in [0.2, 0.25) is 6.79 Å². The third-order valence-electron chi connectivity index (χ3n) is 6.07. The Bertz CT molecular complexity index is 1360. The number of fused-ring (bicyclic) bond motifs is 1. The van der Waals surface area contributed by atoms with Crippen molar-refractivity contribution < 1.29 is 19.1 Å². The number of anilines is 2. The Morgan fingerprint density at radius 3 is 2.27 bits per heavy atom. The summed E-state index contributed by atoms with van der Waals surface area (Å²) in [6.07, 6.45) is 0. The van der Waals surface area contributed by atoms with Gasteiger partial charge in [0.15, 0.2) is 16.6 Å². The number of carbonyl (C=O) groups is 2. The standard InChI is InChI=1S/C26H22Cl2N4O4S/c27-18-4-1-16(2-5-18)25(34)32-11-9-31(10-12-32)21-7-6-19(14-20(21)28)29-26(37)30-24(33)17-3-8-22-23(13-17)36-15-35-22/h1-8,13-14H,9-12,15H2,(H2,29,30,33,37). The van der Waals surface area contributed by atoms with Crippen LogP contribution in [0.3, 0.4) is 0 Å². The first-order chi connectivity index (χ1) is 17.9.